The summed E-state index contributed by atoms with van der Waals surface area (Å²) in [5.41, 5.74) is 0. The molecule has 3 aliphatic rings. The van der Waals surface area contributed by atoms with Gasteiger partial charge >= 0.3 is 294 Å². The Morgan fingerprint density at radius 1 is 0.630 bits per heavy atom. The second kappa shape index (κ2) is 13.2. The van der Waals surface area contributed by atoms with E-state index in [1.807, 2.05) is 109 Å². The summed E-state index contributed by atoms with van der Waals surface area (Å²) in [4.78, 5) is 0. The Balaban J connectivity index is 1.71. The normalized spacial score (nSPS) is 26.9. The standard InChI is InChI=1S/C28H35Cl4N5O5P4/c1-6-33-43(39-21-17-13-11-14-18-21)35(8-3)46(41-27-25(31)23(29)24(30)26(32)28(27)42-46)36(9-4)44(40-22-19-15-12-16-20-22)34(7-2)45(33,38)37(46)10-5/h11-20H,6-10H2,1-5H3/t43-,44+,45?. The Hall–Kier alpha value is -0.660. The van der Waals surface area contributed by atoms with E-state index >= 15 is 4.57 Å². The zero-order valence-electron chi connectivity index (χ0n) is 25.9. The summed E-state index contributed by atoms with van der Waals surface area (Å²) in [5.74, 6) is 1.51. The first-order chi connectivity index (χ1) is 22.1. The van der Waals surface area contributed by atoms with Crippen LogP contribution in [0.3, 0.4) is 0 Å². The fraction of sp³-hybridized carbons (Fsp3) is 0.357. The van der Waals surface area contributed by atoms with Crippen LogP contribution in [0.4, 0.5) is 0 Å². The molecule has 0 amide bonds. The van der Waals surface area contributed by atoms with E-state index in [2.05, 4.69) is 8.88 Å². The number of fused-ring (bicyclic) bond motifs is 2. The molecule has 6 rings (SSSR count). The van der Waals surface area contributed by atoms with E-state index in [1.54, 1.807) is 0 Å². The third-order valence-electron chi connectivity index (χ3n) is 7.84. The van der Waals surface area contributed by atoms with Gasteiger partial charge < -0.3 is 0 Å². The van der Waals surface area contributed by atoms with E-state index in [9.17, 15) is 0 Å². The Bertz CT molecular complexity index is 1560. The number of hydrogen-bond donors (Lipinski definition) is 0. The molecule has 2 bridgehead atoms. The molecule has 10 nitrogen and oxygen atoms in total. The van der Waals surface area contributed by atoms with Crippen LogP contribution in [0.5, 0.6) is 23.0 Å². The van der Waals surface area contributed by atoms with Crippen molar-refractivity contribution in [1.29, 1.82) is 0 Å². The number of benzene rings is 3. The van der Waals surface area contributed by atoms with E-state index in [-0.39, 0.29) is 38.1 Å². The zero-order chi connectivity index (χ0) is 33.0. The van der Waals surface area contributed by atoms with Crippen LogP contribution in [0.2, 0.25) is 20.1 Å². The third-order valence-corrected chi connectivity index (χ3v) is 26.6. The molecule has 3 aliphatic heterocycles. The number of hydrogen-bond acceptors (Lipinski definition) is 7. The summed E-state index contributed by atoms with van der Waals surface area (Å²) >= 11 is 27.0. The van der Waals surface area contributed by atoms with Gasteiger partial charge in [-0.2, -0.15) is 0 Å². The minimum absolute atomic E-state index is 0.0385. The van der Waals surface area contributed by atoms with Crippen molar-refractivity contribution in [2.24, 2.45) is 0 Å². The molecule has 18 heteroatoms. The number of nitrogens with zero attached hydrogens (tertiary/aromatic N) is 5. The monoisotopic (exact) mass is 785 g/mol. The summed E-state index contributed by atoms with van der Waals surface area (Å²) in [5, 5.41) is 0.184. The van der Waals surface area contributed by atoms with Crippen molar-refractivity contribution in [3.8, 4) is 23.0 Å². The van der Waals surface area contributed by atoms with E-state index < -0.39 is 32.0 Å². The topological polar surface area (TPSA) is 70.2 Å². The molecule has 0 aromatic heterocycles. The first kappa shape index (κ1) is 35.2. The van der Waals surface area contributed by atoms with Gasteiger partial charge in [0.15, 0.2) is 0 Å². The van der Waals surface area contributed by atoms with Crippen LogP contribution >= 0.6 is 78.4 Å². The fourth-order valence-corrected chi connectivity index (χ4v) is 27.6. The quantitative estimate of drug-likeness (QED) is 0.119. The fourth-order valence-electron chi connectivity index (χ4n) is 6.09. The minimum atomic E-state index is -4.81. The molecule has 2 fully saturated rings. The van der Waals surface area contributed by atoms with Crippen molar-refractivity contribution in [2.75, 3.05) is 32.7 Å². The van der Waals surface area contributed by atoms with Gasteiger partial charge in [-0.05, 0) is 0 Å². The van der Waals surface area contributed by atoms with Crippen LogP contribution in [0.1, 0.15) is 34.6 Å². The van der Waals surface area contributed by atoms with Crippen molar-refractivity contribution in [1.82, 2.24) is 22.2 Å². The molecule has 3 aromatic carbocycles. The van der Waals surface area contributed by atoms with Gasteiger partial charge in [0.1, 0.15) is 0 Å². The van der Waals surface area contributed by atoms with Crippen LogP contribution in [0, 0.1) is 0 Å². The van der Waals surface area contributed by atoms with Gasteiger partial charge in [0, 0.05) is 0 Å². The van der Waals surface area contributed by atoms with Crippen LogP contribution < -0.4 is 18.1 Å². The number of halogens is 4. The SMILES string of the molecule is CCN1[P@@](Oc2ccccc2)N(CC)P23(Oc4c(Cl)c(Cl)c(Cl)c(Cl)c4O2)N(CC)[P@@](Oc2ccccc2)N(CC)P1(=O)N3CC. The number of rotatable bonds is 9. The van der Waals surface area contributed by atoms with E-state index in [0.29, 0.717) is 37.7 Å². The Kier molecular flexibility index (Phi) is 10.1. The molecule has 0 saturated carbocycles. The van der Waals surface area contributed by atoms with Gasteiger partial charge in [0.25, 0.3) is 0 Å². The van der Waals surface area contributed by atoms with Gasteiger partial charge in [-0.1, -0.05) is 0 Å². The van der Waals surface area contributed by atoms with Crippen molar-refractivity contribution >= 4 is 78.4 Å². The van der Waals surface area contributed by atoms with Gasteiger partial charge in [-0.15, -0.1) is 0 Å². The van der Waals surface area contributed by atoms with E-state index in [1.165, 1.54) is 0 Å². The molecule has 3 aromatic rings. The predicted octanol–water partition coefficient (Wildman–Crippen LogP) is 11.6. The van der Waals surface area contributed by atoms with Crippen LogP contribution in [-0.4, -0.2) is 54.9 Å². The summed E-state index contributed by atoms with van der Waals surface area (Å²) < 4.78 is 54.8. The molecule has 46 heavy (non-hydrogen) atoms. The van der Waals surface area contributed by atoms with Crippen molar-refractivity contribution in [3.05, 3.63) is 80.8 Å². The molecule has 0 aliphatic carbocycles. The second-order valence-corrected chi connectivity index (χ2v) is 22.6. The second-order valence-electron chi connectivity index (χ2n) is 10.2. The van der Waals surface area contributed by atoms with Crippen molar-refractivity contribution in [2.45, 2.75) is 34.6 Å². The van der Waals surface area contributed by atoms with Crippen LogP contribution in [-0.2, 0) is 4.57 Å². The molecule has 2 saturated heterocycles. The van der Waals surface area contributed by atoms with Gasteiger partial charge in [-0.25, -0.2) is 0 Å². The first-order valence-electron chi connectivity index (χ1n) is 14.9. The average molecular weight is 787 g/mol. The zero-order valence-corrected chi connectivity index (χ0v) is 32.5. The summed E-state index contributed by atoms with van der Waals surface area (Å²) in [6.07, 6.45) is 0. The summed E-state index contributed by atoms with van der Waals surface area (Å²) in [7, 11) is -12.3. The van der Waals surface area contributed by atoms with Gasteiger partial charge in [0.05, 0.1) is 0 Å². The van der Waals surface area contributed by atoms with Gasteiger partial charge in [-0.3, -0.25) is 0 Å². The summed E-state index contributed by atoms with van der Waals surface area (Å²) in [6.45, 7) is 11.8. The number of para-hydroxylation sites is 2. The molecule has 0 radical (unpaired) electrons. The molecule has 3 atom stereocenters. The predicted molar refractivity (Wildman–Crippen MR) is 192 cm³/mol. The molecule has 3 heterocycles. The average Bonchev–Trinajstić information content (AvgIpc) is 3.42. The van der Waals surface area contributed by atoms with E-state index in [0.717, 1.165) is 0 Å². The summed E-state index contributed by atoms with van der Waals surface area (Å²) in [6, 6.07) is 19.0. The Labute approximate surface area is 293 Å². The molecular formula is C28H35Cl4N5O5P4. The van der Waals surface area contributed by atoms with Crippen molar-refractivity contribution < 1.29 is 22.7 Å². The van der Waals surface area contributed by atoms with Gasteiger partial charge in [0.2, 0.25) is 0 Å². The maximum atomic E-state index is 16.4. The van der Waals surface area contributed by atoms with Crippen LogP contribution in [0.25, 0.3) is 0 Å². The van der Waals surface area contributed by atoms with E-state index in [4.69, 9.17) is 64.5 Å². The van der Waals surface area contributed by atoms with Crippen molar-refractivity contribution in [3.63, 3.8) is 0 Å². The molecular weight excluding hydrogens is 752 g/mol. The Morgan fingerprint density at radius 3 is 1.35 bits per heavy atom. The maximum absolute atomic E-state index is 16.4. The molecule has 1 spiro atoms. The molecule has 0 N–H and O–H groups in total. The molecule has 250 valence electrons. The molecule has 1 unspecified atom stereocenters. The van der Waals surface area contributed by atoms with Crippen LogP contribution in [0.15, 0.2) is 60.7 Å². The first-order valence-corrected chi connectivity index (χ1v) is 22.3. The third kappa shape index (κ3) is 4.79. The Morgan fingerprint density at radius 2 is 1.02 bits per heavy atom.